The monoisotopic (exact) mass is 575 g/mol. The van der Waals surface area contributed by atoms with Crippen molar-refractivity contribution >= 4 is 39.1 Å². The first-order chi connectivity index (χ1) is 17.9. The summed E-state index contributed by atoms with van der Waals surface area (Å²) in [6, 6.07) is 9.93. The fraction of sp³-hybridized carbons (Fsp3) is 0.500. The lowest BCUT2D eigenvalue weighted by Gasteiger charge is -2.23. The first-order valence-corrected chi connectivity index (χ1v) is 14.0. The number of benzene rings is 1. The van der Waals surface area contributed by atoms with Crippen LogP contribution in [-0.4, -0.2) is 62.0 Å². The molecular weight excluding hydrogens is 547 g/mol. The van der Waals surface area contributed by atoms with Gasteiger partial charge in [0.25, 0.3) is 5.91 Å². The van der Waals surface area contributed by atoms with Crippen LogP contribution in [-0.2, 0) is 14.3 Å². The van der Waals surface area contributed by atoms with Gasteiger partial charge in [0.05, 0.1) is 12.7 Å². The minimum atomic E-state index is -4.83. The molecule has 0 bridgehead atoms. The van der Waals surface area contributed by atoms with E-state index >= 15 is 0 Å². The van der Waals surface area contributed by atoms with Crippen LogP contribution in [0.25, 0.3) is 0 Å². The average Bonchev–Trinajstić information content (AvgIpc) is 3.28. The fourth-order valence-corrected chi connectivity index (χ4v) is 5.89. The number of nitrogens with zero attached hydrogens (tertiary/aromatic N) is 2. The normalized spacial score (nSPS) is 19.9. The van der Waals surface area contributed by atoms with Crippen LogP contribution in [0, 0.1) is 0 Å². The van der Waals surface area contributed by atoms with E-state index in [1.165, 1.54) is 38.4 Å². The highest BCUT2D eigenvalue weighted by Crippen LogP contribution is 2.40. The third kappa shape index (κ3) is 8.56. The zero-order valence-electron chi connectivity index (χ0n) is 20.6. The van der Waals surface area contributed by atoms with Crippen molar-refractivity contribution < 1.29 is 37.3 Å². The maximum absolute atomic E-state index is 12.6. The highest BCUT2D eigenvalue weighted by molar-refractivity contribution is 8.77. The molecule has 0 radical (unpaired) electrons. The molecule has 2 heterocycles. The number of aliphatic hydroxyl groups excluding tert-OH is 1. The van der Waals surface area contributed by atoms with Crippen LogP contribution in [0.5, 0.6) is 0 Å². The molecule has 2 N–H and O–H groups in total. The summed E-state index contributed by atoms with van der Waals surface area (Å²) in [7, 11) is 2.57. The maximum atomic E-state index is 12.6. The molecule has 9 nitrogen and oxygen atoms in total. The number of Topliss-reactive ketones (excluding diaryl/α,β-unsaturated/α-hetero) is 1. The number of aliphatic hydroxyl groups is 1. The number of halogens is 3. The van der Waals surface area contributed by atoms with Gasteiger partial charge in [-0.15, -0.1) is 0 Å². The first kappa shape index (κ1) is 30.2. The summed E-state index contributed by atoms with van der Waals surface area (Å²) in [5.74, 6) is -1.93. The maximum Gasteiger partial charge on any atom is 0.449 e. The Morgan fingerprint density at radius 3 is 2.58 bits per heavy atom. The molecule has 3 atom stereocenters. The number of nitrogens with one attached hydrogen (secondary N) is 1. The van der Waals surface area contributed by atoms with E-state index < -0.39 is 53.2 Å². The smallest absolute Gasteiger partial charge is 0.394 e. The van der Waals surface area contributed by atoms with Crippen molar-refractivity contribution in [3.63, 3.8) is 0 Å². The highest BCUT2D eigenvalue weighted by Gasteiger charge is 2.39. The number of anilines is 1. The fourth-order valence-electron chi connectivity index (χ4n) is 3.59. The Bertz CT molecular complexity index is 1160. The number of hydrogen-bond donors (Lipinski definition) is 2. The van der Waals surface area contributed by atoms with E-state index in [0.29, 0.717) is 5.56 Å². The van der Waals surface area contributed by atoms with Crippen molar-refractivity contribution in [2.24, 2.45) is 0 Å². The Balaban J connectivity index is 1.50. The van der Waals surface area contributed by atoms with Gasteiger partial charge in [0, 0.05) is 29.3 Å². The van der Waals surface area contributed by atoms with Crippen LogP contribution in [0.15, 0.2) is 47.4 Å². The van der Waals surface area contributed by atoms with Gasteiger partial charge in [0.2, 0.25) is 5.78 Å². The predicted molar refractivity (Wildman–Crippen MR) is 138 cm³/mol. The average molecular weight is 576 g/mol. The Labute approximate surface area is 224 Å². The van der Waals surface area contributed by atoms with Crippen LogP contribution < -0.4 is 11.0 Å². The third-order valence-electron chi connectivity index (χ3n) is 5.66. The largest absolute Gasteiger partial charge is 0.449 e. The van der Waals surface area contributed by atoms with Crippen LogP contribution in [0.1, 0.15) is 49.7 Å². The topological polar surface area (TPSA) is 120 Å². The number of ketones is 1. The molecule has 1 saturated heterocycles. The summed E-state index contributed by atoms with van der Waals surface area (Å²) in [6.45, 7) is 3.13. The van der Waals surface area contributed by atoms with Crippen molar-refractivity contribution in [1.29, 1.82) is 0 Å². The molecule has 0 spiro atoms. The zero-order valence-corrected chi connectivity index (χ0v) is 22.3. The minimum absolute atomic E-state index is 0.0502. The molecule has 1 amide bonds. The van der Waals surface area contributed by atoms with E-state index in [-0.39, 0.29) is 31.2 Å². The number of carbonyl (C=O) groups is 2. The van der Waals surface area contributed by atoms with E-state index in [9.17, 15) is 32.7 Å². The van der Waals surface area contributed by atoms with Crippen LogP contribution in [0.4, 0.5) is 19.0 Å². The van der Waals surface area contributed by atoms with Crippen molar-refractivity contribution in [2.45, 2.75) is 62.5 Å². The molecule has 0 saturated carbocycles. The summed E-state index contributed by atoms with van der Waals surface area (Å²) in [5, 5.41) is 12.3. The lowest BCUT2D eigenvalue weighted by Crippen LogP contribution is -2.29. The molecule has 2 aromatic rings. The number of alkyl halides is 3. The Morgan fingerprint density at radius 1 is 1.24 bits per heavy atom. The van der Waals surface area contributed by atoms with Crippen LogP contribution >= 0.6 is 21.6 Å². The predicted octanol–water partition coefficient (Wildman–Crippen LogP) is 4.19. The lowest BCUT2D eigenvalue weighted by atomic mass is 10.0. The summed E-state index contributed by atoms with van der Waals surface area (Å²) in [6.07, 6.45) is -5.68. The van der Waals surface area contributed by atoms with Gasteiger partial charge in [0.15, 0.2) is 0 Å². The second-order valence-electron chi connectivity index (χ2n) is 9.08. The van der Waals surface area contributed by atoms with E-state index in [1.54, 1.807) is 44.2 Å². The zero-order chi connectivity index (χ0) is 27.9. The summed E-state index contributed by atoms with van der Waals surface area (Å²) in [5.41, 5.74) is -0.240. The minimum Gasteiger partial charge on any atom is -0.394 e. The van der Waals surface area contributed by atoms with E-state index in [4.69, 9.17) is 9.47 Å². The van der Waals surface area contributed by atoms with Gasteiger partial charge in [-0.3, -0.25) is 14.2 Å². The van der Waals surface area contributed by atoms with Gasteiger partial charge in [0.1, 0.15) is 24.1 Å². The molecule has 208 valence electrons. The molecule has 1 aromatic heterocycles. The Morgan fingerprint density at radius 2 is 1.95 bits per heavy atom. The van der Waals surface area contributed by atoms with Gasteiger partial charge in [-0.25, -0.2) is 4.79 Å². The quantitative estimate of drug-likeness (QED) is 0.218. The van der Waals surface area contributed by atoms with E-state index in [0.717, 1.165) is 0 Å². The van der Waals surface area contributed by atoms with Gasteiger partial charge >= 0.3 is 11.9 Å². The lowest BCUT2D eigenvalue weighted by molar-refractivity contribution is -0.171. The number of rotatable bonds is 12. The van der Waals surface area contributed by atoms with E-state index in [1.807, 2.05) is 0 Å². The van der Waals surface area contributed by atoms with Gasteiger partial charge in [-0.1, -0.05) is 39.8 Å². The molecule has 38 heavy (non-hydrogen) atoms. The molecule has 0 aliphatic carbocycles. The molecule has 1 fully saturated rings. The van der Waals surface area contributed by atoms with Gasteiger partial charge in [-0.2, -0.15) is 18.2 Å². The molecule has 1 aliphatic heterocycles. The van der Waals surface area contributed by atoms with E-state index in [2.05, 4.69) is 10.3 Å². The summed E-state index contributed by atoms with van der Waals surface area (Å²) < 4.78 is 49.5. The van der Waals surface area contributed by atoms with Gasteiger partial charge in [-0.05, 0) is 38.5 Å². The first-order valence-electron chi connectivity index (χ1n) is 11.6. The van der Waals surface area contributed by atoms with Crippen LogP contribution in [0.2, 0.25) is 0 Å². The number of ether oxygens (including phenoxy) is 2. The number of hydrogen-bond acceptors (Lipinski definition) is 9. The number of amides is 1. The molecule has 14 heteroatoms. The Hall–Kier alpha value is -2.39. The van der Waals surface area contributed by atoms with Crippen LogP contribution in [0.3, 0.4) is 0 Å². The summed E-state index contributed by atoms with van der Waals surface area (Å²) in [4.78, 5) is 39.9. The second-order valence-corrected chi connectivity index (χ2v) is 12.0. The third-order valence-corrected chi connectivity index (χ3v) is 8.66. The van der Waals surface area contributed by atoms with Crippen molar-refractivity contribution in [1.82, 2.24) is 9.55 Å². The molecule has 1 unspecified atom stereocenters. The van der Waals surface area contributed by atoms with Crippen molar-refractivity contribution in [2.75, 3.05) is 17.9 Å². The molecule has 1 aromatic carbocycles. The number of carbonyl (C=O) groups excluding carboxylic acids is 2. The molecular formula is C24H28F3N3O6S2. The van der Waals surface area contributed by atoms with Crippen molar-refractivity contribution in [3.05, 3.63) is 58.6 Å². The van der Waals surface area contributed by atoms with Crippen molar-refractivity contribution in [3.8, 4) is 0 Å². The Kier molecular flexibility index (Phi) is 10.4. The number of aromatic nitrogens is 2. The summed E-state index contributed by atoms with van der Waals surface area (Å²) >= 11 is 0. The van der Waals surface area contributed by atoms with Gasteiger partial charge < -0.3 is 19.9 Å². The molecule has 3 rings (SSSR count). The highest BCUT2D eigenvalue weighted by atomic mass is 33.1. The second kappa shape index (κ2) is 13.1. The molecule has 1 aliphatic rings. The SMILES string of the molecule is CC(C)(CCC(=O)C(F)(F)F)SSCOC1C[C@H](n2ccc(NC(=O)c3ccccc3)nc2=O)O[C@@H]1CO. The standard InChI is InChI=1S/C24H28F3N3O6S2/c1-23(2,10-8-18(32)24(25,26)27)38-37-14-35-16-12-20(36-17(16)13-31)30-11-9-19(29-22(30)34)28-21(33)15-6-4-3-5-7-15/h3-7,9,11,16-17,20,31H,8,10,12-14H2,1-2H3,(H,28,29,33,34)/t16?,17-,20-/m1/s1.